The Morgan fingerprint density at radius 2 is 1.80 bits per heavy atom. The maximum atomic E-state index is 14.1. The number of nitrogens with zero attached hydrogens (tertiary/aromatic N) is 1. The first-order valence-electron chi connectivity index (χ1n) is 7.10. The first-order valence-corrected chi connectivity index (χ1v) is 8.15. The molecule has 1 aromatic carbocycles. The number of pyridine rings is 1. The monoisotopic (exact) mass is 376 g/mol. The van der Waals surface area contributed by atoms with E-state index in [9.17, 15) is 26.7 Å². The van der Waals surface area contributed by atoms with Crippen molar-refractivity contribution in [2.45, 2.75) is 18.1 Å². The van der Waals surface area contributed by atoms with Gasteiger partial charge in [0, 0.05) is 18.2 Å². The molecule has 25 heavy (non-hydrogen) atoms. The Balaban J connectivity index is 2.43. The summed E-state index contributed by atoms with van der Waals surface area (Å²) in [5.41, 5.74) is 4.64. The van der Waals surface area contributed by atoms with Crippen LogP contribution in [0.3, 0.4) is 0 Å². The summed E-state index contributed by atoms with van der Waals surface area (Å²) in [4.78, 5) is 14.8. The molecule has 2 rings (SSSR count). The predicted molar refractivity (Wildman–Crippen MR) is 84.0 cm³/mol. The third kappa shape index (κ3) is 4.68. The highest BCUT2D eigenvalue weighted by Crippen LogP contribution is 2.39. The highest BCUT2D eigenvalue weighted by Gasteiger charge is 2.25. The molecule has 0 saturated heterocycles. The Morgan fingerprint density at radius 3 is 2.36 bits per heavy atom. The van der Waals surface area contributed by atoms with E-state index in [2.05, 4.69) is 4.98 Å². The van der Waals surface area contributed by atoms with Crippen LogP contribution in [0, 0.1) is 17.5 Å². The molecular weight excluding hydrogens is 363 g/mol. The van der Waals surface area contributed by atoms with Crippen molar-refractivity contribution in [2.24, 2.45) is 5.73 Å². The normalized spacial score (nSPS) is 12.4. The Hall–Kier alpha value is -2.16. The molecule has 0 bridgehead atoms. The standard InChI is InChI=1S/C16H13F5N2OS/c17-9-2-3-10(18)14(21)13(9)15(25-6-5-12(19)20)8-1-4-11(16(22)24)23-7-8/h1-4,7,12,15H,5-6H2,(H2,22,24). The van der Waals surface area contributed by atoms with Crippen LogP contribution in [-0.2, 0) is 0 Å². The molecule has 1 aromatic heterocycles. The zero-order valence-electron chi connectivity index (χ0n) is 12.7. The number of hydrogen-bond acceptors (Lipinski definition) is 3. The van der Waals surface area contributed by atoms with Gasteiger partial charge in [-0.3, -0.25) is 9.78 Å². The van der Waals surface area contributed by atoms with Crippen molar-refractivity contribution in [3.05, 3.63) is 64.7 Å². The minimum absolute atomic E-state index is 0.0692. The SMILES string of the molecule is NC(=O)c1ccc(C(SCCC(F)F)c2c(F)ccc(F)c2F)cn1. The van der Waals surface area contributed by atoms with Crippen LogP contribution in [0.5, 0.6) is 0 Å². The number of carbonyl (C=O) groups excluding carboxylic acids is 1. The number of aromatic nitrogens is 1. The van der Waals surface area contributed by atoms with Gasteiger partial charge >= 0.3 is 0 Å². The van der Waals surface area contributed by atoms with E-state index in [0.29, 0.717) is 6.07 Å². The third-order valence-electron chi connectivity index (χ3n) is 3.30. The van der Waals surface area contributed by atoms with Crippen LogP contribution < -0.4 is 5.73 Å². The maximum Gasteiger partial charge on any atom is 0.267 e. The van der Waals surface area contributed by atoms with Gasteiger partial charge in [0.2, 0.25) is 6.43 Å². The number of thioether (sulfide) groups is 1. The second kappa shape index (κ2) is 8.28. The third-order valence-corrected chi connectivity index (χ3v) is 4.62. The molecule has 0 aliphatic carbocycles. The lowest BCUT2D eigenvalue weighted by molar-refractivity contribution is 0.0995. The smallest absolute Gasteiger partial charge is 0.267 e. The van der Waals surface area contributed by atoms with E-state index in [4.69, 9.17) is 5.73 Å². The van der Waals surface area contributed by atoms with Gasteiger partial charge in [-0.1, -0.05) is 6.07 Å². The highest BCUT2D eigenvalue weighted by molar-refractivity contribution is 7.99. The summed E-state index contributed by atoms with van der Waals surface area (Å²) >= 11 is 0.825. The average molecular weight is 376 g/mol. The van der Waals surface area contributed by atoms with E-state index >= 15 is 0 Å². The molecule has 0 saturated carbocycles. The van der Waals surface area contributed by atoms with Crippen LogP contribution in [-0.4, -0.2) is 23.1 Å². The molecule has 0 aliphatic rings. The second-order valence-electron chi connectivity index (χ2n) is 5.03. The number of alkyl halides is 2. The number of rotatable bonds is 7. The Bertz CT molecular complexity index is 755. The molecule has 1 amide bonds. The molecule has 1 unspecified atom stereocenters. The summed E-state index contributed by atoms with van der Waals surface area (Å²) in [5.74, 6) is -4.56. The molecule has 3 nitrogen and oxygen atoms in total. The van der Waals surface area contributed by atoms with E-state index in [1.54, 1.807) is 0 Å². The van der Waals surface area contributed by atoms with Gasteiger partial charge in [0.25, 0.3) is 5.91 Å². The number of halogens is 5. The van der Waals surface area contributed by atoms with Gasteiger partial charge < -0.3 is 5.73 Å². The van der Waals surface area contributed by atoms with E-state index in [1.807, 2.05) is 0 Å². The number of amides is 1. The molecule has 0 spiro atoms. The largest absolute Gasteiger partial charge is 0.364 e. The zero-order chi connectivity index (χ0) is 18.6. The van der Waals surface area contributed by atoms with Crippen LogP contribution in [0.1, 0.15) is 33.3 Å². The van der Waals surface area contributed by atoms with Crippen LogP contribution in [0.15, 0.2) is 30.5 Å². The first kappa shape index (κ1) is 19.2. The lowest BCUT2D eigenvalue weighted by Crippen LogP contribution is -2.13. The molecule has 0 radical (unpaired) electrons. The average Bonchev–Trinajstić information content (AvgIpc) is 2.57. The molecule has 1 heterocycles. The minimum Gasteiger partial charge on any atom is -0.364 e. The van der Waals surface area contributed by atoms with E-state index in [-0.39, 0.29) is 17.0 Å². The molecule has 1 atom stereocenters. The highest BCUT2D eigenvalue weighted by atomic mass is 32.2. The summed E-state index contributed by atoms with van der Waals surface area (Å²) in [6, 6.07) is 3.99. The van der Waals surface area contributed by atoms with Gasteiger partial charge in [0.15, 0.2) is 11.6 Å². The zero-order valence-corrected chi connectivity index (χ0v) is 13.5. The summed E-state index contributed by atoms with van der Waals surface area (Å²) in [5, 5.41) is -1.11. The Kier molecular flexibility index (Phi) is 6.35. The fourth-order valence-corrected chi connectivity index (χ4v) is 3.38. The van der Waals surface area contributed by atoms with Gasteiger partial charge in [0.05, 0.1) is 5.25 Å². The van der Waals surface area contributed by atoms with Gasteiger partial charge in [-0.15, -0.1) is 11.8 Å². The van der Waals surface area contributed by atoms with E-state index in [1.165, 1.54) is 12.1 Å². The van der Waals surface area contributed by atoms with Crippen molar-refractivity contribution < 1.29 is 26.7 Å². The van der Waals surface area contributed by atoms with Crippen molar-refractivity contribution in [3.8, 4) is 0 Å². The van der Waals surface area contributed by atoms with Gasteiger partial charge in [-0.05, 0) is 29.5 Å². The van der Waals surface area contributed by atoms with Crippen LogP contribution in [0.2, 0.25) is 0 Å². The van der Waals surface area contributed by atoms with Gasteiger partial charge in [0.1, 0.15) is 11.5 Å². The van der Waals surface area contributed by atoms with E-state index in [0.717, 1.165) is 24.0 Å². The second-order valence-corrected chi connectivity index (χ2v) is 6.24. The minimum atomic E-state index is -2.58. The van der Waals surface area contributed by atoms with Gasteiger partial charge in [-0.2, -0.15) is 0 Å². The number of carbonyl (C=O) groups is 1. The first-order chi connectivity index (χ1) is 11.8. The van der Waals surface area contributed by atoms with Crippen molar-refractivity contribution >= 4 is 17.7 Å². The molecule has 2 aromatic rings. The van der Waals surface area contributed by atoms with Crippen LogP contribution >= 0.6 is 11.8 Å². The summed E-state index contributed by atoms with van der Waals surface area (Å²) in [6.45, 7) is 0. The number of hydrogen-bond donors (Lipinski definition) is 1. The summed E-state index contributed by atoms with van der Waals surface area (Å²) < 4.78 is 66.5. The van der Waals surface area contributed by atoms with Crippen molar-refractivity contribution in [1.82, 2.24) is 4.98 Å². The number of primary amides is 1. The maximum absolute atomic E-state index is 14.1. The quantitative estimate of drug-likeness (QED) is 0.585. The summed E-state index contributed by atoms with van der Waals surface area (Å²) in [6.07, 6.45) is -1.91. The lowest BCUT2D eigenvalue weighted by atomic mass is 10.0. The lowest BCUT2D eigenvalue weighted by Gasteiger charge is -2.19. The van der Waals surface area contributed by atoms with E-state index < -0.39 is 47.0 Å². The molecule has 9 heteroatoms. The molecule has 2 N–H and O–H groups in total. The molecule has 0 aliphatic heterocycles. The Morgan fingerprint density at radius 1 is 1.12 bits per heavy atom. The van der Waals surface area contributed by atoms with Crippen LogP contribution in [0.25, 0.3) is 0 Å². The number of benzene rings is 1. The predicted octanol–water partition coefficient (Wildman–Crippen LogP) is 4.08. The Labute approximate surface area is 144 Å². The molecule has 134 valence electrons. The topological polar surface area (TPSA) is 56.0 Å². The number of nitrogens with two attached hydrogens (primary N) is 1. The van der Waals surface area contributed by atoms with Crippen molar-refractivity contribution in [2.75, 3.05) is 5.75 Å². The fourth-order valence-electron chi connectivity index (χ4n) is 2.11. The van der Waals surface area contributed by atoms with Crippen molar-refractivity contribution in [1.29, 1.82) is 0 Å². The van der Waals surface area contributed by atoms with Gasteiger partial charge in [-0.25, -0.2) is 22.0 Å². The molecular formula is C16H13F5N2OS. The van der Waals surface area contributed by atoms with Crippen molar-refractivity contribution in [3.63, 3.8) is 0 Å². The summed E-state index contributed by atoms with van der Waals surface area (Å²) in [7, 11) is 0. The molecule has 0 fully saturated rings. The fraction of sp³-hybridized carbons (Fsp3) is 0.250. The van der Waals surface area contributed by atoms with Crippen LogP contribution in [0.4, 0.5) is 22.0 Å².